The summed E-state index contributed by atoms with van der Waals surface area (Å²) in [7, 11) is 1.90. The van der Waals surface area contributed by atoms with E-state index in [-0.39, 0.29) is 0 Å². The molecule has 0 amide bonds. The second-order valence-electron chi connectivity index (χ2n) is 6.74. The summed E-state index contributed by atoms with van der Waals surface area (Å²) in [4.78, 5) is 4.24. The van der Waals surface area contributed by atoms with Crippen LogP contribution in [-0.4, -0.2) is 21.6 Å². The van der Waals surface area contributed by atoms with Crippen LogP contribution >= 0.6 is 11.6 Å². The monoisotopic (exact) mass is 345 g/mol. The van der Waals surface area contributed by atoms with Gasteiger partial charge in [0.15, 0.2) is 11.4 Å². The number of aliphatic imine (C=N–C) groups is 1. The normalized spacial score (nSPS) is 16.4. The number of rotatable bonds is 4. The van der Waals surface area contributed by atoms with E-state index >= 15 is 0 Å². The summed E-state index contributed by atoms with van der Waals surface area (Å²) in [6.45, 7) is 8.83. The van der Waals surface area contributed by atoms with Crippen molar-refractivity contribution < 1.29 is 0 Å². The number of para-hydroxylation sites is 1. The zero-order valence-electron chi connectivity index (χ0n) is 14.8. The Hall–Kier alpha value is -2.01. The average molecular weight is 346 g/mol. The molecule has 0 saturated carbocycles. The van der Waals surface area contributed by atoms with E-state index in [1.165, 1.54) is 11.1 Å². The predicted octanol–water partition coefficient (Wildman–Crippen LogP) is 4.78. The van der Waals surface area contributed by atoms with Gasteiger partial charge in [0.1, 0.15) is 5.82 Å². The number of alkyl halides is 1. The molecule has 2 aromatic rings. The molecule has 2 N–H and O–H groups in total. The lowest BCUT2D eigenvalue weighted by atomic mass is 9.92. The fourth-order valence-electron chi connectivity index (χ4n) is 3.03. The van der Waals surface area contributed by atoms with Crippen molar-refractivity contribution >= 4 is 35.1 Å². The highest BCUT2D eigenvalue weighted by Crippen LogP contribution is 2.36. The molecule has 24 heavy (non-hydrogen) atoms. The van der Waals surface area contributed by atoms with E-state index in [1.54, 1.807) is 10.9 Å². The third-order valence-electron chi connectivity index (χ3n) is 4.29. The maximum absolute atomic E-state index is 6.05. The van der Waals surface area contributed by atoms with E-state index < -0.39 is 5.62 Å². The fourth-order valence-corrected chi connectivity index (χ4v) is 3.19. The van der Waals surface area contributed by atoms with E-state index in [9.17, 15) is 0 Å². The van der Waals surface area contributed by atoms with Crippen LogP contribution in [0, 0.1) is 0 Å². The molecule has 0 aliphatic carbocycles. The van der Waals surface area contributed by atoms with E-state index in [0.29, 0.717) is 11.8 Å². The lowest BCUT2D eigenvalue weighted by molar-refractivity contribution is 0.767. The maximum Gasteiger partial charge on any atom is 0.196 e. The molecule has 0 spiro atoms. The minimum Gasteiger partial charge on any atom is -0.338 e. The Morgan fingerprint density at radius 2 is 1.79 bits per heavy atom. The van der Waals surface area contributed by atoms with Crippen LogP contribution in [-0.2, 0) is 7.05 Å². The van der Waals surface area contributed by atoms with Gasteiger partial charge < -0.3 is 10.6 Å². The zero-order valence-corrected chi connectivity index (χ0v) is 15.5. The number of nitrogens with one attached hydrogen (secondary N) is 2. The number of hydrogen-bond acceptors (Lipinski definition) is 4. The molecular weight excluding hydrogens is 322 g/mol. The second kappa shape index (κ2) is 6.48. The van der Waals surface area contributed by atoms with Crippen molar-refractivity contribution in [3.05, 3.63) is 34.9 Å². The van der Waals surface area contributed by atoms with Crippen molar-refractivity contribution in [2.24, 2.45) is 12.0 Å². The van der Waals surface area contributed by atoms with Gasteiger partial charge >= 0.3 is 0 Å². The van der Waals surface area contributed by atoms with E-state index in [4.69, 9.17) is 11.6 Å². The number of benzene rings is 1. The molecule has 0 saturated heterocycles. The molecule has 1 atom stereocenters. The molecule has 1 aliphatic heterocycles. The molecule has 128 valence electrons. The Bertz CT molecular complexity index is 750. The summed E-state index contributed by atoms with van der Waals surface area (Å²) in [6.07, 6.45) is 1.78. The third-order valence-corrected chi connectivity index (χ3v) is 4.51. The minimum absolute atomic E-state index is 0.421. The van der Waals surface area contributed by atoms with Gasteiger partial charge in [-0.05, 0) is 23.0 Å². The molecule has 5 nitrogen and oxygen atoms in total. The second-order valence-corrected chi connectivity index (χ2v) is 7.15. The molecule has 0 fully saturated rings. The molecule has 2 heterocycles. The van der Waals surface area contributed by atoms with Crippen molar-refractivity contribution in [2.45, 2.75) is 45.2 Å². The summed E-state index contributed by atoms with van der Waals surface area (Å²) in [5, 5.41) is 11.3. The number of aryl methyl sites for hydroxylation is 1. The van der Waals surface area contributed by atoms with Crippen molar-refractivity contribution in [3.63, 3.8) is 0 Å². The van der Waals surface area contributed by atoms with Crippen LogP contribution in [0.4, 0.5) is 17.3 Å². The SMILES string of the molecule is CC(C)c1cccc(C(C)C)c1Nc1nn(C)c2c1C=NC(Cl)N2. The van der Waals surface area contributed by atoms with Crippen LogP contribution in [0.15, 0.2) is 23.2 Å². The first-order valence-electron chi connectivity index (χ1n) is 8.29. The van der Waals surface area contributed by atoms with Crippen LogP contribution in [0.1, 0.15) is 56.2 Å². The lowest BCUT2D eigenvalue weighted by Crippen LogP contribution is -2.17. The van der Waals surface area contributed by atoms with Gasteiger partial charge in [-0.2, -0.15) is 5.10 Å². The average Bonchev–Trinajstić information content (AvgIpc) is 2.82. The highest BCUT2D eigenvalue weighted by molar-refractivity contribution is 6.22. The van der Waals surface area contributed by atoms with Crippen molar-refractivity contribution in [2.75, 3.05) is 10.6 Å². The Kier molecular flexibility index (Phi) is 4.54. The Labute approximate surface area is 148 Å². The number of aromatic nitrogens is 2. The largest absolute Gasteiger partial charge is 0.338 e. The zero-order chi connectivity index (χ0) is 17.4. The third kappa shape index (κ3) is 3.00. The fraction of sp³-hybridized carbons (Fsp3) is 0.444. The quantitative estimate of drug-likeness (QED) is 0.619. The minimum atomic E-state index is -0.449. The Balaban J connectivity index is 2.08. The molecule has 1 aromatic heterocycles. The number of anilines is 3. The smallest absolute Gasteiger partial charge is 0.196 e. The van der Waals surface area contributed by atoms with Gasteiger partial charge in [0.2, 0.25) is 0 Å². The van der Waals surface area contributed by atoms with Crippen molar-refractivity contribution in [1.29, 1.82) is 0 Å². The topological polar surface area (TPSA) is 54.2 Å². The van der Waals surface area contributed by atoms with Crippen LogP contribution in [0.3, 0.4) is 0 Å². The van der Waals surface area contributed by atoms with E-state index in [0.717, 1.165) is 22.9 Å². The number of halogens is 1. The van der Waals surface area contributed by atoms with E-state index in [1.807, 2.05) is 7.05 Å². The summed E-state index contributed by atoms with van der Waals surface area (Å²) >= 11 is 6.05. The summed E-state index contributed by atoms with van der Waals surface area (Å²) < 4.78 is 1.80. The van der Waals surface area contributed by atoms with Gasteiger partial charge in [0.25, 0.3) is 0 Å². The molecule has 3 rings (SSSR count). The highest BCUT2D eigenvalue weighted by Gasteiger charge is 2.22. The van der Waals surface area contributed by atoms with Gasteiger partial charge in [0, 0.05) is 18.9 Å². The van der Waals surface area contributed by atoms with Crippen molar-refractivity contribution in [1.82, 2.24) is 9.78 Å². The van der Waals surface area contributed by atoms with Gasteiger partial charge in [-0.1, -0.05) is 57.5 Å². The van der Waals surface area contributed by atoms with Gasteiger partial charge in [-0.3, -0.25) is 9.67 Å². The first kappa shape index (κ1) is 16.8. The van der Waals surface area contributed by atoms with Gasteiger partial charge in [-0.25, -0.2) is 0 Å². The molecule has 1 unspecified atom stereocenters. The van der Waals surface area contributed by atoms with Crippen LogP contribution in [0.25, 0.3) is 0 Å². The van der Waals surface area contributed by atoms with Gasteiger partial charge in [0.05, 0.1) is 5.56 Å². The van der Waals surface area contributed by atoms with Crippen LogP contribution < -0.4 is 10.6 Å². The standard InChI is InChI=1S/C18H24ClN5/c1-10(2)12-7-6-8-13(11(3)4)15(12)21-16-14-9-20-18(19)22-17(14)24(5)23-16/h6-11,18,22H,1-5H3,(H,21,23). The Morgan fingerprint density at radius 1 is 1.17 bits per heavy atom. The molecule has 0 radical (unpaired) electrons. The predicted molar refractivity (Wildman–Crippen MR) is 102 cm³/mol. The highest BCUT2D eigenvalue weighted by atomic mass is 35.5. The lowest BCUT2D eigenvalue weighted by Gasteiger charge is -2.20. The summed E-state index contributed by atoms with van der Waals surface area (Å²) in [6, 6.07) is 6.48. The van der Waals surface area contributed by atoms with Crippen LogP contribution in [0.5, 0.6) is 0 Å². The van der Waals surface area contributed by atoms with Gasteiger partial charge in [-0.15, -0.1) is 0 Å². The summed E-state index contributed by atoms with van der Waals surface area (Å²) in [5.74, 6) is 2.51. The maximum atomic E-state index is 6.05. The molecule has 0 bridgehead atoms. The first-order valence-corrected chi connectivity index (χ1v) is 8.72. The molecule has 6 heteroatoms. The molecule has 1 aromatic carbocycles. The van der Waals surface area contributed by atoms with Crippen molar-refractivity contribution in [3.8, 4) is 0 Å². The first-order chi connectivity index (χ1) is 11.4. The number of hydrogen-bond donors (Lipinski definition) is 2. The van der Waals surface area contributed by atoms with Crippen LogP contribution in [0.2, 0.25) is 0 Å². The van der Waals surface area contributed by atoms with E-state index in [2.05, 4.69) is 66.6 Å². The molecular formula is C18H24ClN5. The molecule has 1 aliphatic rings. The Morgan fingerprint density at radius 3 is 2.38 bits per heavy atom. The number of nitrogens with zero attached hydrogens (tertiary/aromatic N) is 3. The summed E-state index contributed by atoms with van der Waals surface area (Å²) in [5.41, 5.74) is 4.20. The number of fused-ring (bicyclic) bond motifs is 1.